The van der Waals surface area contributed by atoms with Gasteiger partial charge in [0.25, 0.3) is 0 Å². The van der Waals surface area contributed by atoms with Crippen molar-refractivity contribution in [3.05, 3.63) is 0 Å². The van der Waals surface area contributed by atoms with Gasteiger partial charge in [0.2, 0.25) is 0 Å². The normalized spacial score (nSPS) is 13.5. The van der Waals surface area contributed by atoms with Gasteiger partial charge in [-0.3, -0.25) is 0 Å². The van der Waals surface area contributed by atoms with Crippen molar-refractivity contribution >= 4 is 0 Å². The van der Waals surface area contributed by atoms with Crippen molar-refractivity contribution in [2.24, 2.45) is 0 Å². The highest BCUT2D eigenvalue weighted by atomic mass is 16.6. The van der Waals surface area contributed by atoms with Gasteiger partial charge in [-0.25, -0.2) is 10.0 Å². The van der Waals surface area contributed by atoms with Gasteiger partial charge in [0.15, 0.2) is 25.2 Å². The molecule has 0 bridgehead atoms. The molecule has 0 aliphatic carbocycles. The zero-order valence-corrected chi connectivity index (χ0v) is 52.3. The largest absolute Gasteiger partial charge is 0.381 e. The van der Waals surface area contributed by atoms with Crippen LogP contribution in [0.4, 0.5) is 0 Å². The van der Waals surface area contributed by atoms with Crippen LogP contribution in [0.2, 0.25) is 0 Å². The number of hydrazine groups is 1. The van der Waals surface area contributed by atoms with E-state index in [9.17, 15) is 20.4 Å². The number of nitrogens with zero attached hydrogens (tertiary/aromatic N) is 2. The molecule has 0 aromatic heterocycles. The molecule has 0 radical (unpaired) electrons. The second kappa shape index (κ2) is 69.2. The van der Waals surface area contributed by atoms with E-state index in [1.54, 1.807) is 0 Å². The average molecular weight is 1190 g/mol. The lowest BCUT2D eigenvalue weighted by Crippen LogP contribution is -2.48. The molecule has 0 heterocycles. The number of rotatable bonds is 73. The molecule has 0 aliphatic rings. The summed E-state index contributed by atoms with van der Waals surface area (Å²) in [5, 5.41) is 48.0. The monoisotopic (exact) mass is 1190 g/mol. The highest BCUT2D eigenvalue weighted by Crippen LogP contribution is 2.13. The number of aliphatic hydroxyl groups excluding tert-OH is 4. The van der Waals surface area contributed by atoms with Gasteiger partial charge in [0.05, 0.1) is 26.4 Å². The lowest BCUT2D eigenvalue weighted by molar-refractivity contribution is -0.153. The van der Waals surface area contributed by atoms with E-state index in [1.165, 1.54) is 0 Å². The van der Waals surface area contributed by atoms with E-state index in [2.05, 4.69) is 27.7 Å². The van der Waals surface area contributed by atoms with Crippen LogP contribution in [-0.4, -0.2) is 267 Å². The van der Waals surface area contributed by atoms with Gasteiger partial charge in [-0.15, -0.1) is 0 Å². The van der Waals surface area contributed by atoms with E-state index in [1.807, 2.05) is 10.0 Å². The summed E-state index contributed by atoms with van der Waals surface area (Å²) < 4.78 is 90.8. The molecular formula is C60H124N2O20. The first kappa shape index (κ1) is 81.1. The van der Waals surface area contributed by atoms with Crippen LogP contribution in [0, 0.1) is 0 Å². The van der Waals surface area contributed by atoms with Gasteiger partial charge in [-0.05, 0) is 103 Å². The summed E-state index contributed by atoms with van der Waals surface area (Å²) in [5.74, 6) is 0. The van der Waals surface area contributed by atoms with Gasteiger partial charge in [0.1, 0.15) is 0 Å². The minimum absolute atomic E-state index is 0.253. The molecule has 0 amide bonds. The molecule has 0 spiro atoms. The quantitative estimate of drug-likeness (QED) is 0.0275. The lowest BCUT2D eigenvalue weighted by atomic mass is 10.3. The fourth-order valence-corrected chi connectivity index (χ4v) is 7.59. The summed E-state index contributed by atoms with van der Waals surface area (Å²) in [5.41, 5.74) is 0. The van der Waals surface area contributed by atoms with E-state index in [-0.39, 0.29) is 25.7 Å². The molecule has 494 valence electrons. The van der Waals surface area contributed by atoms with Crippen LogP contribution in [0.25, 0.3) is 0 Å². The Morgan fingerprint density at radius 2 is 0.341 bits per heavy atom. The summed E-state index contributed by atoms with van der Waals surface area (Å²) in [4.78, 5) is 0. The SMILES string of the molecule is CCCOCCCOCCCOCCCOC(O)CCN(CCC(O)OCCCOCCCOCCCOCCC)N(CCC(O)OCCCOCCCOCCCOCCC)CCC(O)OCCCOCCCOCCCOCCC. The summed E-state index contributed by atoms with van der Waals surface area (Å²) in [7, 11) is 0. The van der Waals surface area contributed by atoms with Crippen LogP contribution in [0.3, 0.4) is 0 Å². The maximum atomic E-state index is 11.0. The average Bonchev–Trinajstić information content (AvgIpc) is 3.48. The highest BCUT2D eigenvalue weighted by molar-refractivity contribution is 4.65. The Hall–Kier alpha value is -0.880. The second-order valence-corrected chi connectivity index (χ2v) is 20.0. The third-order valence-corrected chi connectivity index (χ3v) is 11.9. The standard InChI is InChI=1S/C60H124N2O20/c1-5-29-67-33-9-37-71-41-13-45-75-49-17-53-79-57(63)21-25-61(26-22-58(64)80-54-18-50-76-46-14-42-72-38-10-34-68-30-6-2)62(27-23-59(65)81-55-19-51-77-47-15-43-73-39-11-35-69-31-7-3)28-24-60(66)82-56-20-52-78-48-16-44-74-40-12-36-70-32-8-4/h57-60,63-66H,5-56H2,1-4H3. The molecule has 4 atom stereocenters. The lowest BCUT2D eigenvalue weighted by Gasteiger charge is -2.37. The summed E-state index contributed by atoms with van der Waals surface area (Å²) in [6.07, 6.45) is 10.00. The van der Waals surface area contributed by atoms with E-state index in [0.29, 0.717) is 210 Å². The number of hydrogen-bond acceptors (Lipinski definition) is 22. The van der Waals surface area contributed by atoms with Crippen molar-refractivity contribution in [2.75, 3.05) is 211 Å². The van der Waals surface area contributed by atoms with Crippen LogP contribution in [0.15, 0.2) is 0 Å². The molecule has 4 N–H and O–H groups in total. The van der Waals surface area contributed by atoms with Gasteiger partial charge < -0.3 is 96.2 Å². The Balaban J connectivity index is 5.34. The molecule has 0 fully saturated rings. The zero-order valence-electron chi connectivity index (χ0n) is 52.3. The van der Waals surface area contributed by atoms with Crippen LogP contribution in [0.1, 0.15) is 156 Å². The van der Waals surface area contributed by atoms with Crippen molar-refractivity contribution in [1.29, 1.82) is 0 Å². The van der Waals surface area contributed by atoms with Crippen LogP contribution >= 0.6 is 0 Å². The maximum Gasteiger partial charge on any atom is 0.155 e. The van der Waals surface area contributed by atoms with Crippen molar-refractivity contribution in [3.63, 3.8) is 0 Å². The van der Waals surface area contributed by atoms with E-state index in [0.717, 1.165) is 103 Å². The molecule has 0 aromatic carbocycles. The Morgan fingerprint density at radius 3 is 0.488 bits per heavy atom. The third kappa shape index (κ3) is 63.6. The molecule has 82 heavy (non-hydrogen) atoms. The third-order valence-electron chi connectivity index (χ3n) is 11.9. The van der Waals surface area contributed by atoms with Crippen molar-refractivity contribution < 1.29 is 96.2 Å². The summed E-state index contributed by atoms with van der Waals surface area (Å²) >= 11 is 0. The first-order chi connectivity index (χ1) is 40.4. The van der Waals surface area contributed by atoms with Gasteiger partial charge in [-0.2, -0.15) is 0 Å². The molecule has 0 saturated heterocycles. The first-order valence-electron chi connectivity index (χ1n) is 32.0. The van der Waals surface area contributed by atoms with E-state index < -0.39 is 25.2 Å². The van der Waals surface area contributed by atoms with Gasteiger partial charge in [-0.1, -0.05) is 27.7 Å². The Bertz CT molecular complexity index is 1010. The van der Waals surface area contributed by atoms with E-state index >= 15 is 0 Å². The molecule has 0 saturated carbocycles. The van der Waals surface area contributed by atoms with Crippen LogP contribution < -0.4 is 0 Å². The maximum absolute atomic E-state index is 11.0. The zero-order chi connectivity index (χ0) is 59.5. The second-order valence-electron chi connectivity index (χ2n) is 20.0. The smallest absolute Gasteiger partial charge is 0.155 e. The van der Waals surface area contributed by atoms with E-state index in [4.69, 9.17) is 75.8 Å². The first-order valence-corrected chi connectivity index (χ1v) is 32.0. The fraction of sp³-hybridized carbons (Fsp3) is 1.00. The predicted octanol–water partition coefficient (Wildman–Crippen LogP) is 6.93. The van der Waals surface area contributed by atoms with Crippen molar-refractivity contribution in [3.8, 4) is 0 Å². The molecule has 4 unspecified atom stereocenters. The van der Waals surface area contributed by atoms with Gasteiger partial charge >= 0.3 is 0 Å². The minimum atomic E-state index is -1.06. The summed E-state index contributed by atoms with van der Waals surface area (Å²) in [6, 6.07) is 0. The Morgan fingerprint density at radius 1 is 0.207 bits per heavy atom. The highest BCUT2D eigenvalue weighted by Gasteiger charge is 2.22. The number of ether oxygens (including phenoxy) is 16. The number of hydrogen-bond donors (Lipinski definition) is 4. The van der Waals surface area contributed by atoms with Crippen LogP contribution in [-0.2, 0) is 75.8 Å². The van der Waals surface area contributed by atoms with Crippen molar-refractivity contribution in [1.82, 2.24) is 10.0 Å². The minimum Gasteiger partial charge on any atom is -0.381 e. The fourth-order valence-electron chi connectivity index (χ4n) is 7.59. The summed E-state index contributed by atoms with van der Waals surface area (Å²) in [6.45, 7) is 26.5. The molecule has 22 heteroatoms. The molecule has 0 aromatic rings. The molecule has 0 aliphatic heterocycles. The topological polar surface area (TPSA) is 235 Å². The Kier molecular flexibility index (Phi) is 68.5. The molecular weight excluding hydrogens is 1070 g/mol. The molecule has 0 rings (SSSR count). The Labute approximate surface area is 497 Å². The van der Waals surface area contributed by atoms with Gasteiger partial charge in [0, 0.05) is 210 Å². The van der Waals surface area contributed by atoms with Crippen LogP contribution in [0.5, 0.6) is 0 Å². The van der Waals surface area contributed by atoms with Crippen molar-refractivity contribution in [2.45, 2.75) is 181 Å². The number of aliphatic hydroxyl groups is 4. The predicted molar refractivity (Wildman–Crippen MR) is 316 cm³/mol. The molecule has 22 nitrogen and oxygen atoms in total.